The maximum Gasteiger partial charge on any atom is 0.152 e. The Hall–Kier alpha value is -1.11. The van der Waals surface area contributed by atoms with Crippen molar-refractivity contribution in [2.75, 3.05) is 0 Å². The molecule has 0 N–H and O–H groups in total. The lowest BCUT2D eigenvalue weighted by molar-refractivity contribution is -0.112. The van der Waals surface area contributed by atoms with E-state index in [2.05, 4.69) is 18.7 Å². The van der Waals surface area contributed by atoms with Crippen LogP contribution in [-0.4, -0.2) is 5.78 Å². The van der Waals surface area contributed by atoms with Gasteiger partial charge in [0.1, 0.15) is 0 Å². The summed E-state index contributed by atoms with van der Waals surface area (Å²) in [4.78, 5) is 10.5. The van der Waals surface area contributed by atoms with E-state index in [0.29, 0.717) is 0 Å². The molecule has 0 spiro atoms. The van der Waals surface area contributed by atoms with Gasteiger partial charge in [-0.2, -0.15) is 0 Å². The Morgan fingerprint density at radius 2 is 1.71 bits per heavy atom. The summed E-state index contributed by atoms with van der Waals surface area (Å²) in [6, 6.07) is 0. The second-order valence-electron chi connectivity index (χ2n) is 3.28. The Morgan fingerprint density at radius 1 is 1.07 bits per heavy atom. The predicted molar refractivity (Wildman–Crippen MR) is 62.2 cm³/mol. The lowest BCUT2D eigenvalue weighted by Gasteiger charge is -1.89. The molecule has 0 fully saturated rings. The molecule has 0 saturated carbocycles. The van der Waals surface area contributed by atoms with Gasteiger partial charge in [0.25, 0.3) is 0 Å². The van der Waals surface area contributed by atoms with Crippen molar-refractivity contribution in [3.05, 3.63) is 37.0 Å². The lowest BCUT2D eigenvalue weighted by Crippen LogP contribution is -1.78. The molecule has 0 aromatic heterocycles. The van der Waals surface area contributed by atoms with Crippen LogP contribution in [0.3, 0.4) is 0 Å². The molecular weight excluding hydrogens is 172 g/mol. The van der Waals surface area contributed by atoms with Crippen molar-refractivity contribution < 1.29 is 4.79 Å². The molecule has 0 saturated heterocycles. The van der Waals surface area contributed by atoms with E-state index in [1.54, 1.807) is 13.0 Å². The van der Waals surface area contributed by atoms with Crippen LogP contribution in [0.4, 0.5) is 0 Å². The van der Waals surface area contributed by atoms with Gasteiger partial charge in [0.2, 0.25) is 0 Å². The van der Waals surface area contributed by atoms with Crippen molar-refractivity contribution in [1.82, 2.24) is 0 Å². The summed E-state index contributed by atoms with van der Waals surface area (Å²) in [7, 11) is 0. The number of carbonyl (C=O) groups excluding carboxylic acids is 1. The molecule has 0 aromatic carbocycles. The van der Waals surface area contributed by atoms with Crippen molar-refractivity contribution in [2.45, 2.75) is 39.0 Å². The summed E-state index contributed by atoms with van der Waals surface area (Å²) in [5.74, 6) is 0.125. The zero-order valence-corrected chi connectivity index (χ0v) is 9.04. The zero-order valence-electron chi connectivity index (χ0n) is 9.04. The van der Waals surface area contributed by atoms with Gasteiger partial charge < -0.3 is 0 Å². The van der Waals surface area contributed by atoms with E-state index in [1.807, 2.05) is 12.2 Å². The van der Waals surface area contributed by atoms with Crippen molar-refractivity contribution in [3.8, 4) is 0 Å². The Morgan fingerprint density at radius 3 is 2.36 bits per heavy atom. The van der Waals surface area contributed by atoms with Crippen molar-refractivity contribution >= 4 is 5.78 Å². The minimum Gasteiger partial charge on any atom is -0.295 e. The maximum absolute atomic E-state index is 10.5. The molecule has 0 unspecified atom stereocenters. The highest BCUT2D eigenvalue weighted by Gasteiger charge is 1.82. The summed E-state index contributed by atoms with van der Waals surface area (Å²) in [5, 5.41) is 0. The first kappa shape index (κ1) is 12.9. The van der Waals surface area contributed by atoms with E-state index in [4.69, 9.17) is 0 Å². The molecule has 0 heterocycles. The molecule has 0 aliphatic rings. The van der Waals surface area contributed by atoms with Gasteiger partial charge in [0.15, 0.2) is 5.78 Å². The molecular formula is C13H20O. The number of allylic oxidation sites excluding steroid dienone is 5. The van der Waals surface area contributed by atoms with Crippen LogP contribution in [0.25, 0.3) is 0 Å². The zero-order chi connectivity index (χ0) is 10.6. The Kier molecular flexibility index (Phi) is 9.18. The first-order chi connectivity index (χ1) is 6.77. The van der Waals surface area contributed by atoms with Crippen molar-refractivity contribution in [3.63, 3.8) is 0 Å². The Labute approximate surface area is 87.2 Å². The highest BCUT2D eigenvalue weighted by molar-refractivity contribution is 5.87. The van der Waals surface area contributed by atoms with Gasteiger partial charge in [-0.15, -0.1) is 6.58 Å². The number of ketones is 1. The second-order valence-corrected chi connectivity index (χ2v) is 3.28. The SMILES string of the molecule is C=CCCCC=CCCC=CC(C)=O. The third-order valence-electron chi connectivity index (χ3n) is 1.80. The largest absolute Gasteiger partial charge is 0.295 e. The summed E-state index contributed by atoms with van der Waals surface area (Å²) in [5.41, 5.74) is 0. The van der Waals surface area contributed by atoms with Gasteiger partial charge in [-0.05, 0) is 45.1 Å². The van der Waals surface area contributed by atoms with Crippen LogP contribution in [0.1, 0.15) is 39.0 Å². The molecule has 0 bridgehead atoms. The smallest absolute Gasteiger partial charge is 0.152 e. The van der Waals surface area contributed by atoms with Gasteiger partial charge in [0, 0.05) is 0 Å². The standard InChI is InChI=1S/C13H20O/c1-3-4-5-6-7-8-9-10-11-12-13(2)14/h3,7-8,11-12H,1,4-6,9-10H2,2H3. The fraction of sp³-hybridized carbons (Fsp3) is 0.462. The number of rotatable bonds is 8. The van der Waals surface area contributed by atoms with E-state index in [9.17, 15) is 4.79 Å². The highest BCUT2D eigenvalue weighted by atomic mass is 16.1. The molecule has 0 rings (SSSR count). The summed E-state index contributed by atoms with van der Waals surface area (Å²) in [6.07, 6.45) is 15.3. The van der Waals surface area contributed by atoms with Crippen LogP contribution >= 0.6 is 0 Å². The summed E-state index contributed by atoms with van der Waals surface area (Å²) < 4.78 is 0. The molecule has 0 aromatic rings. The van der Waals surface area contributed by atoms with Crippen LogP contribution in [0, 0.1) is 0 Å². The van der Waals surface area contributed by atoms with Gasteiger partial charge in [-0.3, -0.25) is 4.79 Å². The first-order valence-electron chi connectivity index (χ1n) is 5.20. The van der Waals surface area contributed by atoms with Gasteiger partial charge >= 0.3 is 0 Å². The fourth-order valence-corrected chi connectivity index (χ4v) is 1.06. The fourth-order valence-electron chi connectivity index (χ4n) is 1.06. The second kappa shape index (κ2) is 9.97. The predicted octanol–water partition coefficient (Wildman–Crippen LogP) is 3.82. The van der Waals surface area contributed by atoms with E-state index in [1.165, 1.54) is 6.42 Å². The van der Waals surface area contributed by atoms with E-state index in [-0.39, 0.29) is 5.78 Å². The van der Waals surface area contributed by atoms with E-state index >= 15 is 0 Å². The molecule has 0 aliphatic carbocycles. The Bertz CT molecular complexity index is 211. The van der Waals surface area contributed by atoms with Crippen LogP contribution in [0.2, 0.25) is 0 Å². The van der Waals surface area contributed by atoms with Crippen molar-refractivity contribution in [1.29, 1.82) is 0 Å². The Balaban J connectivity index is 3.26. The number of hydrogen-bond acceptors (Lipinski definition) is 1. The molecule has 0 atom stereocenters. The first-order valence-corrected chi connectivity index (χ1v) is 5.20. The minimum atomic E-state index is 0.125. The molecule has 0 aliphatic heterocycles. The van der Waals surface area contributed by atoms with E-state index < -0.39 is 0 Å². The normalized spacial score (nSPS) is 11.2. The van der Waals surface area contributed by atoms with Gasteiger partial charge in [-0.25, -0.2) is 0 Å². The monoisotopic (exact) mass is 192 g/mol. The molecule has 0 amide bonds. The lowest BCUT2D eigenvalue weighted by atomic mass is 10.2. The number of hydrogen-bond donors (Lipinski definition) is 0. The topological polar surface area (TPSA) is 17.1 Å². The summed E-state index contributed by atoms with van der Waals surface area (Å²) in [6.45, 7) is 5.24. The average molecular weight is 192 g/mol. The van der Waals surface area contributed by atoms with Crippen LogP contribution in [-0.2, 0) is 4.79 Å². The average Bonchev–Trinajstić information content (AvgIpc) is 2.15. The maximum atomic E-state index is 10.5. The minimum absolute atomic E-state index is 0.125. The highest BCUT2D eigenvalue weighted by Crippen LogP contribution is 1.99. The summed E-state index contributed by atoms with van der Waals surface area (Å²) >= 11 is 0. The number of carbonyl (C=O) groups is 1. The molecule has 1 nitrogen and oxygen atoms in total. The number of unbranched alkanes of at least 4 members (excludes halogenated alkanes) is 3. The molecule has 78 valence electrons. The van der Waals surface area contributed by atoms with Gasteiger partial charge in [0.05, 0.1) is 0 Å². The quantitative estimate of drug-likeness (QED) is 0.324. The molecule has 0 radical (unpaired) electrons. The third-order valence-corrected chi connectivity index (χ3v) is 1.80. The van der Waals surface area contributed by atoms with Gasteiger partial charge in [-0.1, -0.05) is 24.3 Å². The van der Waals surface area contributed by atoms with E-state index in [0.717, 1.165) is 25.7 Å². The third kappa shape index (κ3) is 10.9. The molecule has 1 heteroatoms. The van der Waals surface area contributed by atoms with Crippen molar-refractivity contribution in [2.24, 2.45) is 0 Å². The van der Waals surface area contributed by atoms with Crippen LogP contribution in [0.5, 0.6) is 0 Å². The van der Waals surface area contributed by atoms with Crippen LogP contribution in [0.15, 0.2) is 37.0 Å². The van der Waals surface area contributed by atoms with Crippen LogP contribution < -0.4 is 0 Å². The molecule has 14 heavy (non-hydrogen) atoms.